The van der Waals surface area contributed by atoms with Gasteiger partial charge in [-0.15, -0.1) is 0 Å². The number of nitrogens with zero attached hydrogens (tertiary/aromatic N) is 2. The molecule has 108 valence electrons. The van der Waals surface area contributed by atoms with Crippen molar-refractivity contribution in [3.05, 3.63) is 70.1 Å². The van der Waals surface area contributed by atoms with Gasteiger partial charge in [-0.2, -0.15) is 0 Å². The molecule has 0 bridgehead atoms. The van der Waals surface area contributed by atoms with E-state index in [1.54, 1.807) is 18.3 Å². The second-order valence-corrected chi connectivity index (χ2v) is 5.35. The van der Waals surface area contributed by atoms with E-state index < -0.39 is 0 Å². The molecule has 0 unspecified atom stereocenters. The molecule has 21 heavy (non-hydrogen) atoms. The zero-order chi connectivity index (χ0) is 14.7. The zero-order valence-corrected chi connectivity index (χ0v) is 11.9. The average Bonchev–Trinajstić information content (AvgIpc) is 2.72. The number of hydrogen-bond donors (Lipinski definition) is 0. The average molecular weight is 282 g/mol. The molecule has 0 saturated carbocycles. The van der Waals surface area contributed by atoms with Crippen LogP contribution in [-0.4, -0.2) is 21.9 Å². The van der Waals surface area contributed by atoms with Gasteiger partial charge in [-0.05, 0) is 30.0 Å². The molecular formula is C17H18N2O2. The van der Waals surface area contributed by atoms with Crippen LogP contribution in [0.2, 0.25) is 0 Å². The van der Waals surface area contributed by atoms with Gasteiger partial charge in [0.05, 0.1) is 0 Å². The van der Waals surface area contributed by atoms with E-state index in [0.29, 0.717) is 6.54 Å². The van der Waals surface area contributed by atoms with E-state index in [1.807, 2.05) is 17.0 Å². The molecule has 0 N–H and O–H groups in total. The van der Waals surface area contributed by atoms with Crippen LogP contribution >= 0.6 is 0 Å². The lowest BCUT2D eigenvalue weighted by atomic mass is 10.0. The fourth-order valence-corrected chi connectivity index (χ4v) is 2.75. The predicted octanol–water partition coefficient (Wildman–Crippen LogP) is 1.82. The van der Waals surface area contributed by atoms with Crippen molar-refractivity contribution in [2.75, 3.05) is 6.54 Å². The van der Waals surface area contributed by atoms with Crippen LogP contribution < -0.4 is 5.56 Å². The smallest absolute Gasteiger partial charge is 0.250 e. The molecule has 2 heterocycles. The molecule has 2 aromatic rings. The molecule has 1 amide bonds. The topological polar surface area (TPSA) is 42.3 Å². The molecule has 0 aliphatic carbocycles. The molecule has 0 atom stereocenters. The molecule has 0 saturated heterocycles. The van der Waals surface area contributed by atoms with E-state index in [1.165, 1.54) is 21.8 Å². The minimum absolute atomic E-state index is 0.00000283. The molecule has 1 aromatic heterocycles. The summed E-state index contributed by atoms with van der Waals surface area (Å²) >= 11 is 0. The van der Waals surface area contributed by atoms with Gasteiger partial charge in [-0.3, -0.25) is 9.59 Å². The highest BCUT2D eigenvalue weighted by Crippen LogP contribution is 2.18. The Balaban J connectivity index is 1.77. The van der Waals surface area contributed by atoms with Crippen LogP contribution in [0.5, 0.6) is 0 Å². The highest BCUT2D eigenvalue weighted by Gasteiger charge is 2.19. The van der Waals surface area contributed by atoms with E-state index >= 15 is 0 Å². The number of carbonyl (C=O) groups excluding carboxylic acids is 1. The van der Waals surface area contributed by atoms with Crippen LogP contribution in [0.4, 0.5) is 0 Å². The Hall–Kier alpha value is -2.36. The first-order chi connectivity index (χ1) is 10.2. The van der Waals surface area contributed by atoms with Crippen molar-refractivity contribution < 1.29 is 4.79 Å². The van der Waals surface area contributed by atoms with Crippen molar-refractivity contribution in [2.45, 2.75) is 25.9 Å². The molecule has 1 aromatic carbocycles. The number of carbonyl (C=O) groups is 1. The largest absolute Gasteiger partial charge is 0.337 e. The van der Waals surface area contributed by atoms with Gasteiger partial charge in [0.25, 0.3) is 5.56 Å². The van der Waals surface area contributed by atoms with Gasteiger partial charge >= 0.3 is 0 Å². The highest BCUT2D eigenvalue weighted by atomic mass is 16.2. The number of fused-ring (bicyclic) bond motifs is 1. The summed E-state index contributed by atoms with van der Waals surface area (Å²) < 4.78 is 1.46. The minimum atomic E-state index is -0.138. The molecule has 3 rings (SSSR count). The summed E-state index contributed by atoms with van der Waals surface area (Å²) in [7, 11) is 0. The summed E-state index contributed by atoms with van der Waals surface area (Å²) in [5.74, 6) is 0.00000283. The number of benzene rings is 1. The second kappa shape index (κ2) is 5.95. The van der Waals surface area contributed by atoms with E-state index in [4.69, 9.17) is 0 Å². The lowest BCUT2D eigenvalue weighted by molar-refractivity contribution is -0.132. The standard InChI is InChI=1S/C17H18N2O2/c20-16-9-3-4-10-19(16)13-17(21)18-11-5-8-14-6-1-2-7-15(14)12-18/h1-4,6-7,9-10H,5,8,11-13H2. The van der Waals surface area contributed by atoms with E-state index in [-0.39, 0.29) is 18.0 Å². The molecule has 0 radical (unpaired) electrons. The summed E-state index contributed by atoms with van der Waals surface area (Å²) in [4.78, 5) is 26.0. The SMILES string of the molecule is O=C(Cn1ccccc1=O)N1CCCc2ccccc2C1. The van der Waals surface area contributed by atoms with E-state index in [2.05, 4.69) is 12.1 Å². The van der Waals surface area contributed by atoms with Crippen LogP contribution in [0.25, 0.3) is 0 Å². The first-order valence-corrected chi connectivity index (χ1v) is 7.24. The molecule has 0 spiro atoms. The quantitative estimate of drug-likeness (QED) is 0.843. The van der Waals surface area contributed by atoms with Crippen molar-refractivity contribution in [3.63, 3.8) is 0 Å². The number of aromatic nitrogens is 1. The van der Waals surface area contributed by atoms with Crippen molar-refractivity contribution in [3.8, 4) is 0 Å². The van der Waals surface area contributed by atoms with Crippen LogP contribution in [0.1, 0.15) is 17.5 Å². The number of aryl methyl sites for hydroxylation is 1. The molecule has 0 fully saturated rings. The van der Waals surface area contributed by atoms with E-state index in [0.717, 1.165) is 19.4 Å². The molecule has 4 nitrogen and oxygen atoms in total. The Labute approximate surface area is 123 Å². The van der Waals surface area contributed by atoms with Crippen LogP contribution in [0.3, 0.4) is 0 Å². The number of hydrogen-bond acceptors (Lipinski definition) is 2. The maximum absolute atomic E-state index is 12.4. The van der Waals surface area contributed by atoms with Crippen LogP contribution in [0, 0.1) is 0 Å². The maximum atomic E-state index is 12.4. The summed E-state index contributed by atoms with van der Waals surface area (Å²) in [5.41, 5.74) is 2.40. The van der Waals surface area contributed by atoms with E-state index in [9.17, 15) is 9.59 Å². The third kappa shape index (κ3) is 3.05. The first-order valence-electron chi connectivity index (χ1n) is 7.24. The van der Waals surface area contributed by atoms with Crippen molar-refractivity contribution in [1.82, 2.24) is 9.47 Å². The van der Waals surface area contributed by atoms with Crippen molar-refractivity contribution in [2.24, 2.45) is 0 Å². The maximum Gasteiger partial charge on any atom is 0.250 e. The normalized spacial score (nSPS) is 14.4. The monoisotopic (exact) mass is 282 g/mol. The zero-order valence-electron chi connectivity index (χ0n) is 11.9. The predicted molar refractivity (Wildman–Crippen MR) is 80.9 cm³/mol. The van der Waals surface area contributed by atoms with Crippen LogP contribution in [-0.2, 0) is 24.3 Å². The Morgan fingerprint density at radius 2 is 1.81 bits per heavy atom. The van der Waals surface area contributed by atoms with Gasteiger partial charge < -0.3 is 9.47 Å². The first kappa shape index (κ1) is 13.6. The van der Waals surface area contributed by atoms with Gasteiger partial charge in [0.2, 0.25) is 5.91 Å². The lowest BCUT2D eigenvalue weighted by Crippen LogP contribution is -2.36. The third-order valence-electron chi connectivity index (χ3n) is 3.91. The Kier molecular flexibility index (Phi) is 3.86. The lowest BCUT2D eigenvalue weighted by Gasteiger charge is -2.21. The summed E-state index contributed by atoms with van der Waals surface area (Å²) in [6.45, 7) is 1.49. The fourth-order valence-electron chi connectivity index (χ4n) is 2.75. The molecule has 1 aliphatic heterocycles. The highest BCUT2D eigenvalue weighted by molar-refractivity contribution is 5.76. The van der Waals surface area contributed by atoms with Gasteiger partial charge in [0.15, 0.2) is 0 Å². The third-order valence-corrected chi connectivity index (χ3v) is 3.91. The number of rotatable bonds is 2. The molecular weight excluding hydrogens is 264 g/mol. The number of amides is 1. The molecule has 4 heteroatoms. The van der Waals surface area contributed by atoms with Gasteiger partial charge in [-0.25, -0.2) is 0 Å². The van der Waals surface area contributed by atoms with Crippen molar-refractivity contribution in [1.29, 1.82) is 0 Å². The molecule has 1 aliphatic rings. The van der Waals surface area contributed by atoms with Gasteiger partial charge in [0, 0.05) is 25.4 Å². The van der Waals surface area contributed by atoms with Crippen molar-refractivity contribution >= 4 is 5.91 Å². The van der Waals surface area contributed by atoms with Crippen LogP contribution in [0.15, 0.2) is 53.5 Å². The van der Waals surface area contributed by atoms with Gasteiger partial charge in [0.1, 0.15) is 6.54 Å². The Morgan fingerprint density at radius 3 is 2.62 bits per heavy atom. The Bertz CT molecular complexity index is 706. The van der Waals surface area contributed by atoms with Gasteiger partial charge in [-0.1, -0.05) is 30.3 Å². The summed E-state index contributed by atoms with van der Waals surface area (Å²) in [6.07, 6.45) is 3.63. The fraction of sp³-hybridized carbons (Fsp3) is 0.294. The Morgan fingerprint density at radius 1 is 1.05 bits per heavy atom. The number of pyridine rings is 1. The summed E-state index contributed by atoms with van der Waals surface area (Å²) in [6, 6.07) is 13.2. The summed E-state index contributed by atoms with van der Waals surface area (Å²) in [5, 5.41) is 0. The second-order valence-electron chi connectivity index (χ2n) is 5.35. The minimum Gasteiger partial charge on any atom is -0.337 e.